The first kappa shape index (κ1) is 12.9. The molecular formula is C16H16OS. The minimum absolute atomic E-state index is 0.189. The van der Waals surface area contributed by atoms with Gasteiger partial charge in [-0.3, -0.25) is 4.79 Å². The fourth-order valence-corrected chi connectivity index (χ4v) is 2.34. The Morgan fingerprint density at radius 2 is 1.94 bits per heavy atom. The van der Waals surface area contributed by atoms with E-state index in [1.807, 2.05) is 0 Å². The summed E-state index contributed by atoms with van der Waals surface area (Å²) < 4.78 is 0. The van der Waals surface area contributed by atoms with Gasteiger partial charge in [0, 0.05) is 12.7 Å². The SMILES string of the molecule is CC(=O)SCCC=Cc1ccc2ccccc2c1. The minimum atomic E-state index is 0.189. The molecule has 0 aromatic heterocycles. The van der Waals surface area contributed by atoms with E-state index in [0.717, 1.165) is 12.2 Å². The van der Waals surface area contributed by atoms with E-state index in [9.17, 15) is 4.79 Å². The zero-order valence-corrected chi connectivity index (χ0v) is 11.2. The van der Waals surface area contributed by atoms with E-state index in [2.05, 4.69) is 54.6 Å². The second-order valence-electron chi connectivity index (χ2n) is 4.14. The Bertz CT molecular complexity index is 572. The Morgan fingerprint density at radius 1 is 1.17 bits per heavy atom. The third kappa shape index (κ3) is 3.74. The molecule has 0 heterocycles. The Morgan fingerprint density at radius 3 is 2.72 bits per heavy atom. The van der Waals surface area contributed by atoms with Crippen molar-refractivity contribution >= 4 is 33.7 Å². The summed E-state index contributed by atoms with van der Waals surface area (Å²) in [5.41, 5.74) is 1.21. The predicted molar refractivity (Wildman–Crippen MR) is 80.7 cm³/mol. The number of carbonyl (C=O) groups is 1. The van der Waals surface area contributed by atoms with Gasteiger partial charge in [0.15, 0.2) is 5.12 Å². The molecule has 0 saturated carbocycles. The number of hydrogen-bond donors (Lipinski definition) is 0. The molecule has 0 aliphatic rings. The Hall–Kier alpha value is -1.54. The van der Waals surface area contributed by atoms with Crippen LogP contribution in [0.15, 0.2) is 48.5 Å². The molecule has 0 bridgehead atoms. The molecule has 18 heavy (non-hydrogen) atoms. The highest BCUT2D eigenvalue weighted by molar-refractivity contribution is 8.13. The molecular weight excluding hydrogens is 240 g/mol. The lowest BCUT2D eigenvalue weighted by Gasteiger charge is -1.99. The van der Waals surface area contributed by atoms with Crippen molar-refractivity contribution in [1.29, 1.82) is 0 Å². The average Bonchev–Trinajstić information content (AvgIpc) is 2.38. The summed E-state index contributed by atoms with van der Waals surface area (Å²) >= 11 is 1.38. The number of thioether (sulfide) groups is 1. The lowest BCUT2D eigenvalue weighted by molar-refractivity contribution is -0.109. The van der Waals surface area contributed by atoms with Crippen LogP contribution in [0, 0.1) is 0 Å². The van der Waals surface area contributed by atoms with E-state index in [-0.39, 0.29) is 5.12 Å². The summed E-state index contributed by atoms with van der Waals surface area (Å²) in [6.07, 6.45) is 5.17. The van der Waals surface area contributed by atoms with E-state index in [0.29, 0.717) is 0 Å². The summed E-state index contributed by atoms with van der Waals surface area (Å²) in [4.78, 5) is 10.8. The van der Waals surface area contributed by atoms with Crippen LogP contribution >= 0.6 is 11.8 Å². The monoisotopic (exact) mass is 256 g/mol. The molecule has 0 saturated heterocycles. The molecule has 2 aromatic carbocycles. The van der Waals surface area contributed by atoms with E-state index < -0.39 is 0 Å². The molecule has 0 radical (unpaired) electrons. The van der Waals surface area contributed by atoms with Crippen LogP contribution in [0.4, 0.5) is 0 Å². The number of rotatable bonds is 4. The highest BCUT2D eigenvalue weighted by Crippen LogP contribution is 2.16. The van der Waals surface area contributed by atoms with E-state index in [1.54, 1.807) is 6.92 Å². The van der Waals surface area contributed by atoms with Gasteiger partial charge in [-0.2, -0.15) is 0 Å². The van der Waals surface area contributed by atoms with Crippen LogP contribution in [0.2, 0.25) is 0 Å². The van der Waals surface area contributed by atoms with Crippen LogP contribution in [0.25, 0.3) is 16.8 Å². The molecule has 0 N–H and O–H groups in total. The molecule has 0 spiro atoms. The summed E-state index contributed by atoms with van der Waals surface area (Å²) in [6, 6.07) is 14.8. The van der Waals surface area contributed by atoms with Gasteiger partial charge in [0.25, 0.3) is 0 Å². The topological polar surface area (TPSA) is 17.1 Å². The van der Waals surface area contributed by atoms with Crippen LogP contribution in [0.5, 0.6) is 0 Å². The first-order valence-electron chi connectivity index (χ1n) is 6.04. The van der Waals surface area contributed by atoms with Crippen molar-refractivity contribution < 1.29 is 4.79 Å². The smallest absolute Gasteiger partial charge is 0.185 e. The van der Waals surface area contributed by atoms with E-state index in [4.69, 9.17) is 0 Å². The van der Waals surface area contributed by atoms with Crippen molar-refractivity contribution in [1.82, 2.24) is 0 Å². The van der Waals surface area contributed by atoms with Gasteiger partial charge in [0.1, 0.15) is 0 Å². The Labute approximate surface area is 112 Å². The maximum absolute atomic E-state index is 10.8. The molecule has 0 fully saturated rings. The molecule has 1 nitrogen and oxygen atoms in total. The fraction of sp³-hybridized carbons (Fsp3) is 0.188. The van der Waals surface area contributed by atoms with E-state index in [1.165, 1.54) is 28.1 Å². The van der Waals surface area contributed by atoms with Crippen molar-refractivity contribution in [2.45, 2.75) is 13.3 Å². The molecule has 0 aliphatic heterocycles. The van der Waals surface area contributed by atoms with Crippen molar-refractivity contribution in [2.24, 2.45) is 0 Å². The van der Waals surface area contributed by atoms with Crippen LogP contribution in [0.1, 0.15) is 18.9 Å². The summed E-state index contributed by atoms with van der Waals surface area (Å²) in [6.45, 7) is 1.61. The number of hydrogen-bond acceptors (Lipinski definition) is 2. The minimum Gasteiger partial charge on any atom is -0.288 e. The quantitative estimate of drug-likeness (QED) is 0.748. The van der Waals surface area contributed by atoms with Gasteiger partial charge < -0.3 is 0 Å². The molecule has 92 valence electrons. The first-order valence-corrected chi connectivity index (χ1v) is 7.03. The molecule has 2 heteroatoms. The van der Waals surface area contributed by atoms with Crippen LogP contribution in [0.3, 0.4) is 0 Å². The molecule has 2 aromatic rings. The lowest BCUT2D eigenvalue weighted by Crippen LogP contribution is -1.83. The molecule has 0 unspecified atom stereocenters. The molecule has 0 atom stereocenters. The van der Waals surface area contributed by atoms with Gasteiger partial charge in [-0.15, -0.1) is 0 Å². The van der Waals surface area contributed by atoms with Crippen LogP contribution in [-0.2, 0) is 4.79 Å². The number of allylic oxidation sites excluding steroid dienone is 1. The summed E-state index contributed by atoms with van der Waals surface area (Å²) in [5.74, 6) is 0.861. The lowest BCUT2D eigenvalue weighted by atomic mass is 10.1. The largest absolute Gasteiger partial charge is 0.288 e. The normalized spacial score (nSPS) is 11.2. The third-order valence-corrected chi connectivity index (χ3v) is 3.52. The molecule has 0 amide bonds. The maximum Gasteiger partial charge on any atom is 0.185 e. The standard InChI is InChI=1S/C16H16OS/c1-13(17)18-11-5-4-6-14-9-10-15-7-2-3-8-16(15)12-14/h2-4,6-10,12H,5,11H2,1H3. The zero-order chi connectivity index (χ0) is 12.8. The number of fused-ring (bicyclic) bond motifs is 1. The van der Waals surface area contributed by atoms with Crippen molar-refractivity contribution in [2.75, 3.05) is 5.75 Å². The molecule has 2 rings (SSSR count). The Balaban J connectivity index is 1.99. The summed E-state index contributed by atoms with van der Waals surface area (Å²) in [5, 5.41) is 2.72. The van der Waals surface area contributed by atoms with Gasteiger partial charge in [0.05, 0.1) is 0 Å². The van der Waals surface area contributed by atoms with Gasteiger partial charge in [-0.25, -0.2) is 0 Å². The van der Waals surface area contributed by atoms with E-state index >= 15 is 0 Å². The van der Waals surface area contributed by atoms with Gasteiger partial charge in [-0.1, -0.05) is 60.3 Å². The number of carbonyl (C=O) groups excluding carboxylic acids is 1. The van der Waals surface area contributed by atoms with Crippen molar-refractivity contribution in [3.63, 3.8) is 0 Å². The highest BCUT2D eigenvalue weighted by atomic mass is 32.2. The summed E-state index contributed by atoms with van der Waals surface area (Å²) in [7, 11) is 0. The van der Waals surface area contributed by atoms with Gasteiger partial charge >= 0.3 is 0 Å². The van der Waals surface area contributed by atoms with Crippen molar-refractivity contribution in [3.05, 3.63) is 54.1 Å². The Kier molecular flexibility index (Phi) is 4.59. The second-order valence-corrected chi connectivity index (χ2v) is 5.41. The third-order valence-electron chi connectivity index (χ3n) is 2.67. The predicted octanol–water partition coefficient (Wildman–Crippen LogP) is 4.52. The van der Waals surface area contributed by atoms with Crippen molar-refractivity contribution in [3.8, 4) is 0 Å². The fourth-order valence-electron chi connectivity index (χ4n) is 1.80. The van der Waals surface area contributed by atoms with Crippen LogP contribution in [-0.4, -0.2) is 10.9 Å². The highest BCUT2D eigenvalue weighted by Gasteiger charge is 1.93. The van der Waals surface area contributed by atoms with Crippen LogP contribution < -0.4 is 0 Å². The molecule has 0 aliphatic carbocycles. The maximum atomic E-state index is 10.8. The zero-order valence-electron chi connectivity index (χ0n) is 10.4. The average molecular weight is 256 g/mol. The first-order chi connectivity index (χ1) is 8.75. The second kappa shape index (κ2) is 6.41. The van der Waals surface area contributed by atoms with Gasteiger partial charge in [0.2, 0.25) is 0 Å². The van der Waals surface area contributed by atoms with Gasteiger partial charge in [-0.05, 0) is 28.8 Å². The number of benzene rings is 2.